The molecule has 88 valence electrons. The average molecular weight is 244 g/mol. The number of aryl methyl sites for hydroxylation is 1. The summed E-state index contributed by atoms with van der Waals surface area (Å²) in [7, 11) is 0. The van der Waals surface area contributed by atoms with Crippen molar-refractivity contribution in [2.45, 2.75) is 13.3 Å². The van der Waals surface area contributed by atoms with Crippen LogP contribution in [0, 0.1) is 6.92 Å². The van der Waals surface area contributed by atoms with Crippen LogP contribution >= 0.6 is 0 Å². The molecule has 16 heavy (non-hydrogen) atoms. The Morgan fingerprint density at radius 1 is 1.50 bits per heavy atom. The van der Waals surface area contributed by atoms with Crippen LogP contribution in [0.2, 0.25) is 0 Å². The minimum absolute atomic E-state index is 0.0692. The molecule has 0 saturated heterocycles. The van der Waals surface area contributed by atoms with Gasteiger partial charge in [0.2, 0.25) is 0 Å². The van der Waals surface area contributed by atoms with Gasteiger partial charge in [0.1, 0.15) is 5.75 Å². The lowest BCUT2D eigenvalue weighted by Crippen LogP contribution is -2.11. The number of carbonyl (C=O) groups excluding carboxylic acids is 1. The van der Waals surface area contributed by atoms with E-state index in [1.54, 1.807) is 18.2 Å². The number of hydrogen-bond donors (Lipinski definition) is 1. The van der Waals surface area contributed by atoms with Crippen molar-refractivity contribution in [2.24, 2.45) is 0 Å². The summed E-state index contributed by atoms with van der Waals surface area (Å²) >= 11 is -2.34. The van der Waals surface area contributed by atoms with Gasteiger partial charge in [-0.15, -0.1) is 0 Å². The Morgan fingerprint density at radius 3 is 2.88 bits per heavy atom. The van der Waals surface area contributed by atoms with E-state index in [4.69, 9.17) is 9.29 Å². The van der Waals surface area contributed by atoms with Gasteiger partial charge in [-0.1, -0.05) is 12.1 Å². The van der Waals surface area contributed by atoms with E-state index in [1.807, 2.05) is 13.0 Å². The smallest absolute Gasteiger partial charge is 0.313 e. The van der Waals surface area contributed by atoms with E-state index in [0.29, 0.717) is 5.75 Å². The van der Waals surface area contributed by atoms with Crippen molar-refractivity contribution in [2.75, 3.05) is 6.61 Å². The first-order valence-electron chi connectivity index (χ1n) is 4.59. The summed E-state index contributed by atoms with van der Waals surface area (Å²) in [4.78, 5) is 11.2. The topological polar surface area (TPSA) is 72.8 Å². The molecule has 1 unspecified atom stereocenters. The Morgan fingerprint density at radius 2 is 2.25 bits per heavy atom. The zero-order valence-electron chi connectivity index (χ0n) is 8.71. The Balaban J connectivity index is 2.37. The zero-order chi connectivity index (χ0) is 12.0. The van der Waals surface area contributed by atoms with E-state index >= 15 is 0 Å². The number of hydrogen-bond acceptors (Lipinski definition) is 4. The van der Waals surface area contributed by atoms with Gasteiger partial charge in [0.05, 0.1) is 13.0 Å². The highest BCUT2D eigenvalue weighted by Gasteiger charge is 2.05. The Kier molecular flexibility index (Phi) is 5.10. The van der Waals surface area contributed by atoms with E-state index in [1.165, 1.54) is 0 Å². The maximum absolute atomic E-state index is 11.2. The van der Waals surface area contributed by atoms with Crippen molar-refractivity contribution in [1.29, 1.82) is 0 Å². The lowest BCUT2D eigenvalue weighted by Gasteiger charge is -2.04. The van der Waals surface area contributed by atoms with Crippen LogP contribution in [0.4, 0.5) is 0 Å². The maximum atomic E-state index is 11.2. The fraction of sp³-hybridized carbons (Fsp3) is 0.300. The number of benzene rings is 1. The third-order valence-corrected chi connectivity index (χ3v) is 2.08. The van der Waals surface area contributed by atoms with Crippen LogP contribution in [0.15, 0.2) is 24.3 Å². The normalized spacial score (nSPS) is 12.1. The number of ether oxygens (including phenoxy) is 1. The lowest BCUT2D eigenvalue weighted by atomic mass is 10.2. The first-order valence-corrected chi connectivity index (χ1v) is 5.62. The molecule has 6 heteroatoms. The molecule has 1 rings (SSSR count). The minimum atomic E-state index is -2.34. The van der Waals surface area contributed by atoms with E-state index < -0.39 is 17.3 Å². The predicted molar refractivity (Wildman–Crippen MR) is 58.2 cm³/mol. The number of esters is 1. The summed E-state index contributed by atoms with van der Waals surface area (Å²) < 4.78 is 27.7. The predicted octanol–water partition coefficient (Wildman–Crippen LogP) is 1.44. The van der Waals surface area contributed by atoms with Crippen molar-refractivity contribution in [1.82, 2.24) is 0 Å². The van der Waals surface area contributed by atoms with Crippen LogP contribution in [-0.4, -0.2) is 21.3 Å². The van der Waals surface area contributed by atoms with Crippen molar-refractivity contribution < 1.29 is 22.5 Å². The molecular weight excluding hydrogens is 232 g/mol. The maximum Gasteiger partial charge on any atom is 0.313 e. The van der Waals surface area contributed by atoms with Gasteiger partial charge in [-0.25, -0.2) is 0 Å². The van der Waals surface area contributed by atoms with E-state index in [-0.39, 0.29) is 13.0 Å². The summed E-state index contributed by atoms with van der Waals surface area (Å²) in [6.07, 6.45) is -0.0692. The van der Waals surface area contributed by atoms with Crippen LogP contribution in [0.5, 0.6) is 5.75 Å². The van der Waals surface area contributed by atoms with Gasteiger partial charge >= 0.3 is 17.3 Å². The molecule has 0 radical (unpaired) electrons. The summed E-state index contributed by atoms with van der Waals surface area (Å²) in [6.45, 7) is 1.74. The molecule has 0 aliphatic rings. The fourth-order valence-corrected chi connectivity index (χ4v) is 1.28. The van der Waals surface area contributed by atoms with E-state index in [9.17, 15) is 9.00 Å². The van der Waals surface area contributed by atoms with Crippen LogP contribution in [-0.2, 0) is 20.3 Å². The summed E-state index contributed by atoms with van der Waals surface area (Å²) in [5, 5.41) is 0. The van der Waals surface area contributed by atoms with Gasteiger partial charge in [-0.05, 0) is 24.6 Å². The highest BCUT2D eigenvalue weighted by Crippen LogP contribution is 2.12. The summed E-state index contributed by atoms with van der Waals surface area (Å²) in [5.74, 6) is -0.0498. The van der Waals surface area contributed by atoms with Crippen molar-refractivity contribution >= 4 is 17.3 Å². The largest absolute Gasteiger partial charge is 0.426 e. The highest BCUT2D eigenvalue weighted by atomic mass is 32.2. The molecule has 0 aliphatic heterocycles. The Hall–Kier alpha value is -1.24. The van der Waals surface area contributed by atoms with Crippen LogP contribution in [0.1, 0.15) is 12.0 Å². The second-order valence-corrected chi connectivity index (χ2v) is 3.75. The third-order valence-electron chi connectivity index (χ3n) is 1.71. The number of rotatable bonds is 5. The van der Waals surface area contributed by atoms with Crippen LogP contribution in [0.25, 0.3) is 0 Å². The first kappa shape index (κ1) is 12.8. The van der Waals surface area contributed by atoms with Crippen LogP contribution in [0.3, 0.4) is 0 Å². The molecule has 5 nitrogen and oxygen atoms in total. The van der Waals surface area contributed by atoms with Crippen molar-refractivity contribution in [3.05, 3.63) is 29.8 Å². The molecule has 1 aromatic carbocycles. The van der Waals surface area contributed by atoms with Gasteiger partial charge in [-0.2, -0.15) is 4.21 Å². The molecule has 0 fully saturated rings. The van der Waals surface area contributed by atoms with Crippen molar-refractivity contribution in [3.8, 4) is 5.75 Å². The zero-order valence-corrected chi connectivity index (χ0v) is 9.53. The van der Waals surface area contributed by atoms with E-state index in [0.717, 1.165) is 5.56 Å². The average Bonchev–Trinajstić information content (AvgIpc) is 2.16. The van der Waals surface area contributed by atoms with Gasteiger partial charge in [0.15, 0.2) is 0 Å². The SMILES string of the molecule is Cc1cccc(OC(=O)CCOS(=O)O)c1. The molecule has 0 aromatic heterocycles. The van der Waals surface area contributed by atoms with Gasteiger partial charge in [0, 0.05) is 0 Å². The standard InChI is InChI=1S/C10H12O5S/c1-8-3-2-4-9(7-8)15-10(11)5-6-14-16(12)13/h2-4,7H,5-6H2,1H3,(H,12,13). The summed E-state index contributed by atoms with van der Waals surface area (Å²) in [6, 6.07) is 7.05. The quantitative estimate of drug-likeness (QED) is 0.482. The molecular formula is C10H12O5S. The molecule has 0 spiro atoms. The van der Waals surface area contributed by atoms with Gasteiger partial charge in [-0.3, -0.25) is 13.5 Å². The Labute approximate surface area is 95.9 Å². The van der Waals surface area contributed by atoms with Crippen LogP contribution < -0.4 is 4.74 Å². The molecule has 0 bridgehead atoms. The van der Waals surface area contributed by atoms with Gasteiger partial charge in [0.25, 0.3) is 0 Å². The molecule has 1 atom stereocenters. The lowest BCUT2D eigenvalue weighted by molar-refractivity contribution is -0.134. The first-order chi connectivity index (χ1) is 7.58. The highest BCUT2D eigenvalue weighted by molar-refractivity contribution is 7.74. The molecule has 1 aromatic rings. The second kappa shape index (κ2) is 6.37. The minimum Gasteiger partial charge on any atom is -0.426 e. The molecule has 0 heterocycles. The monoisotopic (exact) mass is 244 g/mol. The molecule has 0 saturated carbocycles. The van der Waals surface area contributed by atoms with Crippen molar-refractivity contribution in [3.63, 3.8) is 0 Å². The Bertz CT molecular complexity index is 391. The van der Waals surface area contributed by atoms with Gasteiger partial charge < -0.3 is 4.74 Å². The van der Waals surface area contributed by atoms with E-state index in [2.05, 4.69) is 4.18 Å². The molecule has 1 N–H and O–H groups in total. The second-order valence-electron chi connectivity index (χ2n) is 3.08. The third kappa shape index (κ3) is 5.01. The summed E-state index contributed by atoms with van der Waals surface area (Å²) in [5.41, 5.74) is 0.984. The molecule has 0 aliphatic carbocycles. The molecule has 0 amide bonds. The fourth-order valence-electron chi connectivity index (χ4n) is 1.06. The number of carbonyl (C=O) groups is 1.